The first kappa shape index (κ1) is 20.5. The fourth-order valence-electron chi connectivity index (χ4n) is 2.18. The van der Waals surface area contributed by atoms with Crippen molar-refractivity contribution in [3.05, 3.63) is 11.8 Å². The summed E-state index contributed by atoms with van der Waals surface area (Å²) in [5, 5.41) is 6.08. The number of carbonyl (C=O) groups is 2. The van der Waals surface area contributed by atoms with Crippen molar-refractivity contribution in [2.75, 3.05) is 24.2 Å². The van der Waals surface area contributed by atoms with Crippen molar-refractivity contribution in [3.8, 4) is 0 Å². The van der Waals surface area contributed by atoms with Gasteiger partial charge in [-0.1, -0.05) is 32.9 Å². The normalized spacial score (nSPS) is 12.5. The maximum Gasteiger partial charge on any atom is 0.238 e. The van der Waals surface area contributed by atoms with Crippen LogP contribution in [0, 0.1) is 18.8 Å². The van der Waals surface area contributed by atoms with Crippen LogP contribution < -0.4 is 5.32 Å². The highest BCUT2D eigenvalue weighted by Gasteiger charge is 2.20. The minimum Gasteiger partial charge on any atom is -0.360 e. The zero-order chi connectivity index (χ0) is 18.3. The predicted molar refractivity (Wildman–Crippen MR) is 98.0 cm³/mol. The Morgan fingerprint density at radius 1 is 1.21 bits per heavy atom. The average Bonchev–Trinajstić information content (AvgIpc) is 2.87. The van der Waals surface area contributed by atoms with E-state index in [1.54, 1.807) is 19.9 Å². The third-order valence-corrected chi connectivity index (χ3v) is 4.36. The molecular weight excluding hydrogens is 326 g/mol. The summed E-state index contributed by atoms with van der Waals surface area (Å²) in [6.07, 6.45) is 0. The van der Waals surface area contributed by atoms with Gasteiger partial charge in [0.05, 0.1) is 11.0 Å². The average molecular weight is 356 g/mol. The molecule has 0 aliphatic carbocycles. The molecule has 6 nitrogen and oxygen atoms in total. The van der Waals surface area contributed by atoms with E-state index in [-0.39, 0.29) is 17.1 Å². The molecule has 0 bridgehead atoms. The molecular formula is C17H29N3O3S. The van der Waals surface area contributed by atoms with E-state index < -0.39 is 0 Å². The SMILES string of the molecule is Cc1cc(NC(=O)C(C)SCC(=O)N(CC(C)C)CC(C)C)no1. The minimum atomic E-state index is -0.342. The van der Waals surface area contributed by atoms with Crippen molar-refractivity contribution in [2.24, 2.45) is 11.8 Å². The molecule has 0 aromatic carbocycles. The summed E-state index contributed by atoms with van der Waals surface area (Å²) in [5.41, 5.74) is 0. The van der Waals surface area contributed by atoms with Crippen molar-refractivity contribution >= 4 is 29.4 Å². The van der Waals surface area contributed by atoms with Crippen LogP contribution >= 0.6 is 11.8 Å². The molecule has 136 valence electrons. The van der Waals surface area contributed by atoms with Gasteiger partial charge in [0.25, 0.3) is 0 Å². The van der Waals surface area contributed by atoms with Gasteiger partial charge >= 0.3 is 0 Å². The number of nitrogens with zero attached hydrogens (tertiary/aromatic N) is 2. The highest BCUT2D eigenvalue weighted by atomic mass is 32.2. The topological polar surface area (TPSA) is 75.4 Å². The van der Waals surface area contributed by atoms with Gasteiger partial charge in [-0.2, -0.15) is 0 Å². The van der Waals surface area contributed by atoms with Crippen molar-refractivity contribution in [3.63, 3.8) is 0 Å². The smallest absolute Gasteiger partial charge is 0.238 e. The number of carbonyl (C=O) groups excluding carboxylic acids is 2. The van der Waals surface area contributed by atoms with Gasteiger partial charge in [0.15, 0.2) is 5.82 Å². The largest absolute Gasteiger partial charge is 0.360 e. The summed E-state index contributed by atoms with van der Waals surface area (Å²) in [6, 6.07) is 1.66. The first-order valence-electron chi connectivity index (χ1n) is 8.32. The van der Waals surface area contributed by atoms with Crippen LogP contribution in [0.4, 0.5) is 5.82 Å². The highest BCUT2D eigenvalue weighted by Crippen LogP contribution is 2.16. The van der Waals surface area contributed by atoms with Crippen LogP contribution in [-0.4, -0.2) is 46.0 Å². The number of nitrogens with one attached hydrogen (secondary N) is 1. The summed E-state index contributed by atoms with van der Waals surface area (Å²) in [4.78, 5) is 26.5. The number of aromatic nitrogens is 1. The molecule has 7 heteroatoms. The Morgan fingerprint density at radius 2 is 1.79 bits per heavy atom. The standard InChI is InChI=1S/C17H29N3O3S/c1-11(2)8-20(9-12(3)4)16(21)10-24-14(6)17(22)18-15-7-13(5)23-19-15/h7,11-12,14H,8-10H2,1-6H3,(H,18,19,22). The zero-order valence-electron chi connectivity index (χ0n) is 15.5. The molecule has 2 amide bonds. The summed E-state index contributed by atoms with van der Waals surface area (Å²) in [5.74, 6) is 2.09. The van der Waals surface area contributed by atoms with E-state index in [1.807, 2.05) is 4.90 Å². The van der Waals surface area contributed by atoms with Crippen molar-refractivity contribution in [1.82, 2.24) is 10.1 Å². The number of hydrogen-bond acceptors (Lipinski definition) is 5. The van der Waals surface area contributed by atoms with Crippen molar-refractivity contribution in [1.29, 1.82) is 0 Å². The first-order valence-corrected chi connectivity index (χ1v) is 9.37. The molecule has 0 aliphatic rings. The van der Waals surface area contributed by atoms with Crippen LogP contribution in [-0.2, 0) is 9.59 Å². The van der Waals surface area contributed by atoms with E-state index in [0.29, 0.717) is 29.2 Å². The lowest BCUT2D eigenvalue weighted by molar-refractivity contribution is -0.129. The molecule has 0 spiro atoms. The van der Waals surface area contributed by atoms with Gasteiger partial charge in [0.1, 0.15) is 5.76 Å². The van der Waals surface area contributed by atoms with E-state index in [9.17, 15) is 9.59 Å². The molecule has 1 aromatic rings. The van der Waals surface area contributed by atoms with Crippen LogP contribution in [0.3, 0.4) is 0 Å². The van der Waals surface area contributed by atoms with Gasteiger partial charge in [0, 0.05) is 19.2 Å². The second kappa shape index (κ2) is 9.71. The van der Waals surface area contributed by atoms with Crippen LogP contribution in [0.5, 0.6) is 0 Å². The molecule has 1 heterocycles. The zero-order valence-corrected chi connectivity index (χ0v) is 16.3. The molecule has 0 fully saturated rings. The Labute approximate surface area is 148 Å². The third-order valence-electron chi connectivity index (χ3n) is 3.23. The fourth-order valence-corrected chi connectivity index (χ4v) is 2.96. The molecule has 1 N–H and O–H groups in total. The monoisotopic (exact) mass is 355 g/mol. The second-order valence-electron chi connectivity index (χ2n) is 6.85. The Balaban J connectivity index is 2.49. The Bertz CT molecular complexity index is 533. The summed E-state index contributed by atoms with van der Waals surface area (Å²) < 4.78 is 4.92. The number of thioether (sulfide) groups is 1. The summed E-state index contributed by atoms with van der Waals surface area (Å²) >= 11 is 1.34. The van der Waals surface area contributed by atoms with Gasteiger partial charge < -0.3 is 14.7 Å². The molecule has 1 atom stereocenters. The number of rotatable bonds is 9. The molecule has 0 saturated carbocycles. The minimum absolute atomic E-state index is 0.0827. The molecule has 1 rings (SSSR count). The Morgan fingerprint density at radius 3 is 2.25 bits per heavy atom. The van der Waals surface area contributed by atoms with E-state index in [0.717, 1.165) is 13.1 Å². The first-order chi connectivity index (χ1) is 11.2. The lowest BCUT2D eigenvalue weighted by Crippen LogP contribution is -2.38. The van der Waals surface area contributed by atoms with Crippen molar-refractivity contribution in [2.45, 2.75) is 46.8 Å². The van der Waals surface area contributed by atoms with Crippen LogP contribution in [0.15, 0.2) is 10.6 Å². The van der Waals surface area contributed by atoms with Gasteiger partial charge in [-0.3, -0.25) is 9.59 Å². The predicted octanol–water partition coefficient (Wildman–Crippen LogP) is 3.18. The maximum atomic E-state index is 12.4. The summed E-state index contributed by atoms with van der Waals surface area (Å²) in [6.45, 7) is 13.4. The number of amides is 2. The molecule has 1 aromatic heterocycles. The van der Waals surface area contributed by atoms with E-state index >= 15 is 0 Å². The molecule has 0 aliphatic heterocycles. The van der Waals surface area contributed by atoms with Crippen LogP contribution in [0.2, 0.25) is 0 Å². The molecule has 0 radical (unpaired) electrons. The quantitative estimate of drug-likeness (QED) is 0.736. The van der Waals surface area contributed by atoms with E-state index in [2.05, 4.69) is 38.2 Å². The number of aryl methyl sites for hydroxylation is 1. The number of hydrogen-bond donors (Lipinski definition) is 1. The third kappa shape index (κ3) is 7.38. The fraction of sp³-hybridized carbons (Fsp3) is 0.706. The lowest BCUT2D eigenvalue weighted by atomic mass is 10.1. The van der Waals surface area contributed by atoms with Gasteiger partial charge in [-0.05, 0) is 25.7 Å². The van der Waals surface area contributed by atoms with Gasteiger partial charge in [-0.25, -0.2) is 0 Å². The lowest BCUT2D eigenvalue weighted by Gasteiger charge is -2.26. The van der Waals surface area contributed by atoms with Crippen LogP contribution in [0.1, 0.15) is 40.4 Å². The molecule has 1 unspecified atom stereocenters. The van der Waals surface area contributed by atoms with E-state index in [4.69, 9.17) is 4.52 Å². The second-order valence-corrected chi connectivity index (χ2v) is 8.18. The Kier molecular flexibility index (Phi) is 8.31. The summed E-state index contributed by atoms with van der Waals surface area (Å²) in [7, 11) is 0. The Hall–Kier alpha value is -1.50. The van der Waals surface area contributed by atoms with Gasteiger partial charge in [-0.15, -0.1) is 11.8 Å². The van der Waals surface area contributed by atoms with E-state index in [1.165, 1.54) is 11.8 Å². The molecule has 24 heavy (non-hydrogen) atoms. The van der Waals surface area contributed by atoms with Crippen molar-refractivity contribution < 1.29 is 14.1 Å². The van der Waals surface area contributed by atoms with Gasteiger partial charge in [0.2, 0.25) is 11.8 Å². The highest BCUT2D eigenvalue weighted by molar-refractivity contribution is 8.01. The molecule has 0 saturated heterocycles. The number of anilines is 1. The van der Waals surface area contributed by atoms with Crippen LogP contribution in [0.25, 0.3) is 0 Å². The maximum absolute atomic E-state index is 12.4.